The fourth-order valence-corrected chi connectivity index (χ4v) is 2.29. The summed E-state index contributed by atoms with van der Waals surface area (Å²) in [6, 6.07) is 5.54. The minimum absolute atomic E-state index is 0.0272. The highest BCUT2D eigenvalue weighted by atomic mass is 19.4. The average Bonchev–Trinajstić information content (AvgIpc) is 3.28. The molecule has 1 N–H and O–H groups in total. The van der Waals surface area contributed by atoms with Gasteiger partial charge in [-0.15, -0.1) is 0 Å². The summed E-state index contributed by atoms with van der Waals surface area (Å²) in [6.45, 7) is 3.44. The van der Waals surface area contributed by atoms with Gasteiger partial charge < -0.3 is 5.32 Å². The number of nitrogens with one attached hydrogen (secondary N) is 1. The smallest absolute Gasteiger partial charge is 0.355 e. The second-order valence-electron chi connectivity index (χ2n) is 5.68. The van der Waals surface area contributed by atoms with Crippen molar-refractivity contribution in [2.45, 2.75) is 44.9 Å². The van der Waals surface area contributed by atoms with E-state index in [0.29, 0.717) is 25.7 Å². The van der Waals surface area contributed by atoms with E-state index >= 15 is 0 Å². The number of amides is 1. The van der Waals surface area contributed by atoms with Crippen LogP contribution in [0.25, 0.3) is 0 Å². The molecular weight excluding hydrogens is 293 g/mol. The van der Waals surface area contributed by atoms with Crippen molar-refractivity contribution in [2.75, 3.05) is 13.1 Å². The van der Waals surface area contributed by atoms with E-state index in [9.17, 15) is 18.0 Å². The van der Waals surface area contributed by atoms with E-state index < -0.39 is 11.7 Å². The number of hydrogen-bond acceptors (Lipinski definition) is 2. The molecule has 22 heavy (non-hydrogen) atoms. The van der Waals surface area contributed by atoms with Gasteiger partial charge in [-0.05, 0) is 37.0 Å². The summed E-state index contributed by atoms with van der Waals surface area (Å²) in [5.41, 5.74) is 0.151. The van der Waals surface area contributed by atoms with Crippen molar-refractivity contribution in [3.8, 4) is 0 Å². The zero-order chi connectivity index (χ0) is 16.2. The first-order valence-electron chi connectivity index (χ1n) is 7.57. The van der Waals surface area contributed by atoms with Crippen molar-refractivity contribution in [1.29, 1.82) is 0 Å². The molecule has 2 rings (SSSR count). The monoisotopic (exact) mass is 314 g/mol. The maximum Gasteiger partial charge on any atom is 0.416 e. The second-order valence-corrected chi connectivity index (χ2v) is 5.68. The van der Waals surface area contributed by atoms with Gasteiger partial charge in [0, 0.05) is 19.1 Å². The van der Waals surface area contributed by atoms with Crippen LogP contribution in [0.5, 0.6) is 0 Å². The molecule has 122 valence electrons. The Kier molecular flexibility index (Phi) is 5.45. The number of rotatable bonds is 7. The van der Waals surface area contributed by atoms with Gasteiger partial charge in [-0.2, -0.15) is 13.2 Å². The van der Waals surface area contributed by atoms with Crippen LogP contribution < -0.4 is 5.32 Å². The predicted octanol–water partition coefficient (Wildman–Crippen LogP) is 3.20. The summed E-state index contributed by atoms with van der Waals surface area (Å²) >= 11 is 0. The van der Waals surface area contributed by atoms with Crippen LogP contribution in [0.4, 0.5) is 13.2 Å². The average molecular weight is 314 g/mol. The number of halogens is 3. The van der Waals surface area contributed by atoms with E-state index in [1.54, 1.807) is 0 Å². The molecule has 0 radical (unpaired) electrons. The van der Waals surface area contributed by atoms with E-state index in [1.165, 1.54) is 12.1 Å². The summed E-state index contributed by atoms with van der Waals surface area (Å²) in [6.07, 6.45) is -1.34. The van der Waals surface area contributed by atoms with Crippen LogP contribution in [0.1, 0.15) is 37.3 Å². The topological polar surface area (TPSA) is 32.3 Å². The predicted molar refractivity (Wildman–Crippen MR) is 78.2 cm³/mol. The number of hydrogen-bond donors (Lipinski definition) is 1. The van der Waals surface area contributed by atoms with Gasteiger partial charge in [0.2, 0.25) is 5.91 Å². The van der Waals surface area contributed by atoms with E-state index in [-0.39, 0.29) is 5.91 Å². The van der Waals surface area contributed by atoms with Crippen molar-refractivity contribution in [3.05, 3.63) is 35.4 Å². The molecule has 0 spiro atoms. The summed E-state index contributed by atoms with van der Waals surface area (Å²) in [5.74, 6) is -0.0272. The molecule has 3 nitrogen and oxygen atoms in total. The molecule has 0 atom stereocenters. The maximum atomic E-state index is 12.5. The van der Waals surface area contributed by atoms with Crippen LogP contribution in [0, 0.1) is 0 Å². The number of carbonyl (C=O) groups excluding carboxylic acids is 1. The Morgan fingerprint density at radius 1 is 1.27 bits per heavy atom. The lowest BCUT2D eigenvalue weighted by atomic mass is 10.1. The van der Waals surface area contributed by atoms with Crippen molar-refractivity contribution in [2.24, 2.45) is 0 Å². The van der Waals surface area contributed by atoms with E-state index in [0.717, 1.165) is 37.0 Å². The van der Waals surface area contributed by atoms with Crippen molar-refractivity contribution in [3.63, 3.8) is 0 Å². The SMILES string of the molecule is CCCNC(=O)CN(Cc1ccc(C(F)(F)F)cc1)C1CC1. The Labute approximate surface area is 128 Å². The lowest BCUT2D eigenvalue weighted by Crippen LogP contribution is -2.38. The van der Waals surface area contributed by atoms with Crippen LogP contribution in [0.2, 0.25) is 0 Å². The molecule has 0 aromatic heterocycles. The first-order chi connectivity index (χ1) is 10.4. The summed E-state index contributed by atoms with van der Waals surface area (Å²) in [4.78, 5) is 13.9. The Morgan fingerprint density at radius 2 is 1.91 bits per heavy atom. The molecule has 1 aromatic rings. The minimum atomic E-state index is -4.31. The number of benzene rings is 1. The standard InChI is InChI=1S/C16H21F3N2O/c1-2-9-20-15(22)11-21(14-7-8-14)10-12-3-5-13(6-4-12)16(17,18)19/h3-6,14H,2,7-11H2,1H3,(H,20,22). The summed E-state index contributed by atoms with van der Waals surface area (Å²) in [5, 5.41) is 2.83. The maximum absolute atomic E-state index is 12.5. The molecule has 0 unspecified atom stereocenters. The molecule has 0 heterocycles. The van der Waals surface area contributed by atoms with E-state index in [4.69, 9.17) is 0 Å². The molecular formula is C16H21F3N2O. The van der Waals surface area contributed by atoms with Gasteiger partial charge in [-0.25, -0.2) is 0 Å². The number of alkyl halides is 3. The fourth-order valence-electron chi connectivity index (χ4n) is 2.29. The third kappa shape index (κ3) is 5.02. The van der Waals surface area contributed by atoms with Gasteiger partial charge in [0.1, 0.15) is 0 Å². The van der Waals surface area contributed by atoms with Crippen molar-refractivity contribution < 1.29 is 18.0 Å². The molecule has 0 bridgehead atoms. The zero-order valence-corrected chi connectivity index (χ0v) is 12.6. The Balaban J connectivity index is 1.95. The van der Waals surface area contributed by atoms with Crippen LogP contribution in [0.15, 0.2) is 24.3 Å². The minimum Gasteiger partial charge on any atom is -0.355 e. The Hall–Kier alpha value is -1.56. The highest BCUT2D eigenvalue weighted by molar-refractivity contribution is 5.78. The summed E-state index contributed by atoms with van der Waals surface area (Å²) in [7, 11) is 0. The third-order valence-corrected chi connectivity index (χ3v) is 3.65. The van der Waals surface area contributed by atoms with E-state index in [1.807, 2.05) is 11.8 Å². The quantitative estimate of drug-likeness (QED) is 0.838. The van der Waals surface area contributed by atoms with Crippen LogP contribution in [0.3, 0.4) is 0 Å². The highest BCUT2D eigenvalue weighted by Crippen LogP contribution is 2.31. The van der Waals surface area contributed by atoms with Crippen molar-refractivity contribution in [1.82, 2.24) is 10.2 Å². The largest absolute Gasteiger partial charge is 0.416 e. The molecule has 1 aliphatic carbocycles. The molecule has 1 saturated carbocycles. The van der Waals surface area contributed by atoms with Crippen LogP contribution in [-0.4, -0.2) is 29.9 Å². The van der Waals surface area contributed by atoms with E-state index in [2.05, 4.69) is 5.32 Å². The molecule has 1 aromatic carbocycles. The summed E-state index contributed by atoms with van der Waals surface area (Å²) < 4.78 is 37.6. The molecule has 1 amide bonds. The molecule has 1 aliphatic rings. The van der Waals surface area contributed by atoms with Gasteiger partial charge in [0.25, 0.3) is 0 Å². The van der Waals surface area contributed by atoms with Gasteiger partial charge >= 0.3 is 6.18 Å². The molecule has 0 saturated heterocycles. The lowest BCUT2D eigenvalue weighted by Gasteiger charge is -2.21. The normalized spacial score (nSPS) is 15.1. The first kappa shape index (κ1) is 16.8. The van der Waals surface area contributed by atoms with Crippen LogP contribution in [-0.2, 0) is 17.5 Å². The van der Waals surface area contributed by atoms with Crippen molar-refractivity contribution >= 4 is 5.91 Å². The molecule has 1 fully saturated rings. The number of nitrogens with zero attached hydrogens (tertiary/aromatic N) is 1. The van der Waals surface area contributed by atoms with Gasteiger partial charge in [-0.3, -0.25) is 9.69 Å². The highest BCUT2D eigenvalue weighted by Gasteiger charge is 2.32. The zero-order valence-electron chi connectivity index (χ0n) is 12.6. The fraction of sp³-hybridized carbons (Fsp3) is 0.562. The molecule has 6 heteroatoms. The third-order valence-electron chi connectivity index (χ3n) is 3.65. The Morgan fingerprint density at radius 3 is 2.41 bits per heavy atom. The second kappa shape index (κ2) is 7.13. The first-order valence-corrected chi connectivity index (χ1v) is 7.57. The van der Waals surface area contributed by atoms with Gasteiger partial charge in [0.15, 0.2) is 0 Å². The lowest BCUT2D eigenvalue weighted by molar-refractivity contribution is -0.137. The van der Waals surface area contributed by atoms with Gasteiger partial charge in [-0.1, -0.05) is 19.1 Å². The molecule has 0 aliphatic heterocycles. The number of carbonyl (C=O) groups is 1. The Bertz CT molecular complexity index is 495. The van der Waals surface area contributed by atoms with Crippen LogP contribution >= 0.6 is 0 Å². The van der Waals surface area contributed by atoms with Gasteiger partial charge in [0.05, 0.1) is 12.1 Å².